The number of nitrogens with one attached hydrogen (secondary N) is 1. The molecule has 0 spiro atoms. The number of esters is 1. The van der Waals surface area contributed by atoms with E-state index in [1.165, 1.54) is 13.2 Å². The molecule has 0 amide bonds. The Kier molecular flexibility index (Phi) is 4.74. The number of rotatable bonds is 4. The van der Waals surface area contributed by atoms with Crippen LogP contribution in [-0.4, -0.2) is 13.1 Å². The normalized spacial score (nSPS) is 10.2. The minimum absolute atomic E-state index is 0.294. The molecule has 0 aliphatic carbocycles. The number of anilines is 1. The van der Waals surface area contributed by atoms with Crippen LogP contribution in [0.3, 0.4) is 0 Å². The molecule has 0 aromatic heterocycles. The highest BCUT2D eigenvalue weighted by molar-refractivity contribution is 9.10. The van der Waals surface area contributed by atoms with Gasteiger partial charge in [-0.25, -0.2) is 9.18 Å². The third kappa shape index (κ3) is 3.57. The van der Waals surface area contributed by atoms with Gasteiger partial charge in [0.25, 0.3) is 0 Å². The van der Waals surface area contributed by atoms with Gasteiger partial charge in [0, 0.05) is 12.2 Å². The molecular formula is C15H13BrFNO2. The van der Waals surface area contributed by atoms with Gasteiger partial charge in [-0.2, -0.15) is 0 Å². The van der Waals surface area contributed by atoms with E-state index in [1.807, 2.05) is 12.1 Å². The number of carbonyl (C=O) groups is 1. The van der Waals surface area contributed by atoms with Crippen LogP contribution in [0.2, 0.25) is 0 Å². The summed E-state index contributed by atoms with van der Waals surface area (Å²) in [5, 5.41) is 3.18. The molecule has 2 rings (SSSR count). The molecule has 0 saturated carbocycles. The molecule has 20 heavy (non-hydrogen) atoms. The molecular weight excluding hydrogens is 325 g/mol. The van der Waals surface area contributed by atoms with Crippen molar-refractivity contribution in [2.24, 2.45) is 0 Å². The molecule has 2 aromatic rings. The topological polar surface area (TPSA) is 38.3 Å². The average molecular weight is 338 g/mol. The van der Waals surface area contributed by atoms with E-state index >= 15 is 0 Å². The number of ether oxygens (including phenoxy) is 1. The number of methoxy groups -OCH3 is 1. The molecule has 2 aromatic carbocycles. The molecule has 0 aliphatic rings. The summed E-state index contributed by atoms with van der Waals surface area (Å²) in [6.07, 6.45) is 0. The molecule has 0 atom stereocenters. The maximum absolute atomic E-state index is 13.1. The first-order valence-electron chi connectivity index (χ1n) is 5.96. The van der Waals surface area contributed by atoms with Gasteiger partial charge in [-0.1, -0.05) is 12.1 Å². The number of hydrogen-bond acceptors (Lipinski definition) is 3. The molecule has 104 valence electrons. The van der Waals surface area contributed by atoms with Gasteiger partial charge in [-0.3, -0.25) is 0 Å². The average Bonchev–Trinajstić information content (AvgIpc) is 2.48. The largest absolute Gasteiger partial charge is 0.465 e. The number of carbonyl (C=O) groups excluding carboxylic acids is 1. The van der Waals surface area contributed by atoms with Crippen molar-refractivity contribution in [2.75, 3.05) is 12.4 Å². The van der Waals surface area contributed by atoms with Crippen LogP contribution in [0.4, 0.5) is 10.1 Å². The highest BCUT2D eigenvalue weighted by Gasteiger charge is 2.04. The molecule has 0 bridgehead atoms. The van der Waals surface area contributed by atoms with E-state index in [0.29, 0.717) is 16.6 Å². The summed E-state index contributed by atoms with van der Waals surface area (Å²) in [6, 6.07) is 11.9. The Morgan fingerprint density at radius 1 is 1.25 bits per heavy atom. The lowest BCUT2D eigenvalue weighted by Crippen LogP contribution is -2.03. The van der Waals surface area contributed by atoms with E-state index in [2.05, 4.69) is 26.0 Å². The van der Waals surface area contributed by atoms with E-state index in [4.69, 9.17) is 0 Å². The first-order valence-corrected chi connectivity index (χ1v) is 6.75. The van der Waals surface area contributed by atoms with E-state index in [9.17, 15) is 9.18 Å². The summed E-state index contributed by atoms with van der Waals surface area (Å²) < 4.78 is 18.2. The Hall–Kier alpha value is -1.88. The van der Waals surface area contributed by atoms with Gasteiger partial charge in [0.2, 0.25) is 0 Å². The lowest BCUT2D eigenvalue weighted by molar-refractivity contribution is 0.0600. The standard InChI is InChI=1S/C15H13BrFNO2/c1-20-15(19)11-4-2-10(3-5-11)9-18-12-6-7-14(17)13(16)8-12/h2-8,18H,9H2,1H3. The van der Waals surface area contributed by atoms with Crippen LogP contribution in [0.1, 0.15) is 15.9 Å². The Bertz CT molecular complexity index is 614. The zero-order valence-electron chi connectivity index (χ0n) is 10.8. The van der Waals surface area contributed by atoms with Crippen LogP contribution in [0.25, 0.3) is 0 Å². The highest BCUT2D eigenvalue weighted by Crippen LogP contribution is 2.20. The maximum Gasteiger partial charge on any atom is 0.337 e. The summed E-state index contributed by atoms with van der Waals surface area (Å²) in [6.45, 7) is 0.583. The molecule has 1 N–H and O–H groups in total. The summed E-state index contributed by atoms with van der Waals surface area (Å²) in [5.74, 6) is -0.648. The predicted octanol–water partition coefficient (Wildman–Crippen LogP) is 3.99. The molecule has 3 nitrogen and oxygen atoms in total. The first kappa shape index (κ1) is 14.5. The van der Waals surface area contributed by atoms with Crippen molar-refractivity contribution in [3.63, 3.8) is 0 Å². The molecule has 0 fully saturated rings. The quantitative estimate of drug-likeness (QED) is 0.857. The van der Waals surface area contributed by atoms with E-state index in [-0.39, 0.29) is 11.8 Å². The van der Waals surface area contributed by atoms with Crippen molar-refractivity contribution in [3.05, 3.63) is 63.9 Å². The SMILES string of the molecule is COC(=O)c1ccc(CNc2ccc(F)c(Br)c2)cc1. The Morgan fingerprint density at radius 3 is 2.55 bits per heavy atom. The van der Waals surface area contributed by atoms with E-state index in [0.717, 1.165) is 11.3 Å². The van der Waals surface area contributed by atoms with Gasteiger partial charge in [-0.05, 0) is 51.8 Å². The third-order valence-electron chi connectivity index (χ3n) is 2.79. The summed E-state index contributed by atoms with van der Waals surface area (Å²) in [5.41, 5.74) is 2.34. The lowest BCUT2D eigenvalue weighted by atomic mass is 10.1. The summed E-state index contributed by atoms with van der Waals surface area (Å²) in [4.78, 5) is 11.3. The van der Waals surface area contributed by atoms with Crippen molar-refractivity contribution >= 4 is 27.6 Å². The van der Waals surface area contributed by atoms with Crippen molar-refractivity contribution in [1.82, 2.24) is 0 Å². The van der Waals surface area contributed by atoms with Gasteiger partial charge >= 0.3 is 5.97 Å². The van der Waals surface area contributed by atoms with Crippen LogP contribution >= 0.6 is 15.9 Å². The second-order valence-corrected chi connectivity index (χ2v) is 5.03. The fourth-order valence-corrected chi connectivity index (χ4v) is 2.07. The van der Waals surface area contributed by atoms with E-state index < -0.39 is 0 Å². The van der Waals surface area contributed by atoms with Crippen LogP contribution in [0, 0.1) is 5.82 Å². The Labute approximate surface area is 124 Å². The fourth-order valence-electron chi connectivity index (χ4n) is 1.69. The second kappa shape index (κ2) is 6.52. The molecule has 0 saturated heterocycles. The van der Waals surface area contributed by atoms with Gasteiger partial charge in [0.15, 0.2) is 0 Å². The number of halogens is 2. The van der Waals surface area contributed by atoms with Gasteiger partial charge in [0.1, 0.15) is 5.82 Å². The van der Waals surface area contributed by atoms with Crippen LogP contribution in [0.5, 0.6) is 0 Å². The summed E-state index contributed by atoms with van der Waals surface area (Å²) >= 11 is 3.14. The molecule has 0 heterocycles. The predicted molar refractivity (Wildman–Crippen MR) is 79.2 cm³/mol. The number of hydrogen-bond donors (Lipinski definition) is 1. The Balaban J connectivity index is 2.00. The molecule has 0 radical (unpaired) electrons. The third-order valence-corrected chi connectivity index (χ3v) is 3.40. The van der Waals surface area contributed by atoms with Crippen LogP contribution < -0.4 is 5.32 Å². The van der Waals surface area contributed by atoms with Crippen molar-refractivity contribution < 1.29 is 13.9 Å². The highest BCUT2D eigenvalue weighted by atomic mass is 79.9. The Morgan fingerprint density at radius 2 is 1.95 bits per heavy atom. The minimum Gasteiger partial charge on any atom is -0.465 e. The first-order chi connectivity index (χ1) is 9.60. The van der Waals surface area contributed by atoms with Crippen molar-refractivity contribution in [1.29, 1.82) is 0 Å². The zero-order valence-corrected chi connectivity index (χ0v) is 12.4. The molecule has 0 unspecified atom stereocenters. The van der Waals surface area contributed by atoms with Crippen molar-refractivity contribution in [2.45, 2.75) is 6.54 Å². The molecule has 5 heteroatoms. The van der Waals surface area contributed by atoms with Crippen LogP contribution in [0.15, 0.2) is 46.9 Å². The fraction of sp³-hybridized carbons (Fsp3) is 0.133. The van der Waals surface area contributed by atoms with Crippen LogP contribution in [-0.2, 0) is 11.3 Å². The minimum atomic E-state index is -0.355. The molecule has 0 aliphatic heterocycles. The lowest BCUT2D eigenvalue weighted by Gasteiger charge is -2.08. The monoisotopic (exact) mass is 337 g/mol. The number of benzene rings is 2. The van der Waals surface area contributed by atoms with Gasteiger partial charge in [0.05, 0.1) is 17.1 Å². The van der Waals surface area contributed by atoms with Gasteiger partial charge in [-0.15, -0.1) is 0 Å². The smallest absolute Gasteiger partial charge is 0.337 e. The van der Waals surface area contributed by atoms with Crippen molar-refractivity contribution in [3.8, 4) is 0 Å². The summed E-state index contributed by atoms with van der Waals surface area (Å²) in [7, 11) is 1.35. The zero-order chi connectivity index (χ0) is 14.5. The van der Waals surface area contributed by atoms with E-state index in [1.54, 1.807) is 24.3 Å². The maximum atomic E-state index is 13.1. The second-order valence-electron chi connectivity index (χ2n) is 4.17. The van der Waals surface area contributed by atoms with Gasteiger partial charge < -0.3 is 10.1 Å².